The number of hydrogen-bond acceptors (Lipinski definition) is 6. The number of rotatable bonds is 3. The number of esters is 1. The number of aliphatic hydroxyl groups excluding tert-OH is 1. The van der Waals surface area contributed by atoms with Gasteiger partial charge in [0.2, 0.25) is 0 Å². The van der Waals surface area contributed by atoms with Gasteiger partial charge in [-0.15, -0.1) is 0 Å². The fourth-order valence-corrected chi connectivity index (χ4v) is 2.20. The maximum absolute atomic E-state index is 11.7. The molecule has 0 amide bonds. The smallest absolute Gasteiger partial charge is 0.345 e. The molecule has 0 saturated carbocycles. The first-order valence-electron chi connectivity index (χ1n) is 5.95. The van der Waals surface area contributed by atoms with Crippen LogP contribution in [0.5, 0.6) is 0 Å². The van der Waals surface area contributed by atoms with E-state index in [9.17, 15) is 4.79 Å². The second-order valence-electron chi connectivity index (χ2n) is 4.44. The number of nitrogen functional groups attached to an aromatic ring is 1. The van der Waals surface area contributed by atoms with Crippen molar-refractivity contribution in [2.45, 2.75) is 12.8 Å². The summed E-state index contributed by atoms with van der Waals surface area (Å²) in [5.74, 6) is 0.608. The highest BCUT2D eigenvalue weighted by Crippen LogP contribution is 2.27. The summed E-state index contributed by atoms with van der Waals surface area (Å²) in [7, 11) is 1.32. The molecule has 0 atom stereocenters. The van der Waals surface area contributed by atoms with Gasteiger partial charge in [0.1, 0.15) is 11.4 Å². The average molecular weight is 254 g/mol. The van der Waals surface area contributed by atoms with Crippen LogP contribution in [0.25, 0.3) is 0 Å². The van der Waals surface area contributed by atoms with Gasteiger partial charge in [-0.05, 0) is 18.8 Å². The predicted octanol–water partition coefficient (Wildman–Crippen LogP) is -0.0128. The Bertz CT molecular complexity index is 424. The topological polar surface area (TPSA) is 104 Å². The Morgan fingerprint density at radius 2 is 2.28 bits per heavy atom. The van der Waals surface area contributed by atoms with Crippen molar-refractivity contribution in [1.29, 1.82) is 0 Å². The van der Waals surface area contributed by atoms with Crippen LogP contribution in [-0.2, 0) is 4.74 Å². The summed E-state index contributed by atoms with van der Waals surface area (Å²) in [5.41, 5.74) is 5.98. The van der Waals surface area contributed by atoms with Crippen LogP contribution in [0.3, 0.4) is 0 Å². The van der Waals surface area contributed by atoms with Gasteiger partial charge in [0, 0.05) is 19.7 Å². The van der Waals surface area contributed by atoms with E-state index in [1.54, 1.807) is 0 Å². The van der Waals surface area contributed by atoms with E-state index in [-0.39, 0.29) is 12.4 Å². The monoisotopic (exact) mass is 254 g/mol. The number of aromatic amines is 1. The van der Waals surface area contributed by atoms with Crippen LogP contribution in [0.4, 0.5) is 11.6 Å². The van der Waals surface area contributed by atoms with Crippen molar-refractivity contribution in [3.05, 3.63) is 5.56 Å². The van der Waals surface area contributed by atoms with Crippen LogP contribution in [-0.4, -0.2) is 48.1 Å². The molecule has 0 aromatic carbocycles. The van der Waals surface area contributed by atoms with Gasteiger partial charge in [0.25, 0.3) is 0 Å². The van der Waals surface area contributed by atoms with E-state index in [0.717, 1.165) is 25.9 Å². The molecule has 1 aliphatic rings. The summed E-state index contributed by atoms with van der Waals surface area (Å²) in [6.45, 7) is 1.71. The number of H-pyrrole nitrogens is 1. The molecule has 1 saturated heterocycles. The molecular formula is C11H18N4O3. The Morgan fingerprint density at radius 1 is 1.61 bits per heavy atom. The Balaban J connectivity index is 2.17. The number of ether oxygens (including phenoxy) is 1. The lowest BCUT2D eigenvalue weighted by Gasteiger charge is -2.31. The molecule has 0 aliphatic carbocycles. The Labute approximate surface area is 105 Å². The lowest BCUT2D eigenvalue weighted by Crippen LogP contribution is -2.35. The van der Waals surface area contributed by atoms with Crippen molar-refractivity contribution in [2.75, 3.05) is 37.4 Å². The minimum absolute atomic E-state index is 0.209. The first-order chi connectivity index (χ1) is 8.67. The van der Waals surface area contributed by atoms with Gasteiger partial charge in [-0.3, -0.25) is 5.10 Å². The zero-order chi connectivity index (χ0) is 13.1. The van der Waals surface area contributed by atoms with Crippen molar-refractivity contribution in [2.24, 2.45) is 5.92 Å². The molecule has 7 heteroatoms. The quantitative estimate of drug-likeness (QED) is 0.655. The Hall–Kier alpha value is -1.76. The standard InChI is InChI=1S/C11H18N4O3/c1-18-11(17)8-9(12)13-14-10(8)15-4-2-7(6-16)3-5-15/h7,16H,2-6H2,1H3,(H3,12,13,14). The molecule has 1 fully saturated rings. The van der Waals surface area contributed by atoms with Gasteiger partial charge in [-0.25, -0.2) is 4.79 Å². The average Bonchev–Trinajstić information content (AvgIpc) is 2.80. The van der Waals surface area contributed by atoms with Crippen LogP contribution in [0.15, 0.2) is 0 Å². The van der Waals surface area contributed by atoms with Crippen LogP contribution in [0.2, 0.25) is 0 Å². The first kappa shape index (κ1) is 12.7. The molecule has 0 unspecified atom stereocenters. The number of anilines is 2. The third-order valence-electron chi connectivity index (χ3n) is 3.34. The molecule has 4 N–H and O–H groups in total. The number of nitrogens with two attached hydrogens (primary N) is 1. The number of aromatic nitrogens is 2. The SMILES string of the molecule is COC(=O)c1c(N2CCC(CO)CC2)n[nH]c1N. The number of nitrogens with zero attached hydrogens (tertiary/aromatic N) is 2. The van der Waals surface area contributed by atoms with Gasteiger partial charge in [0.15, 0.2) is 5.82 Å². The van der Waals surface area contributed by atoms with Crippen LogP contribution in [0.1, 0.15) is 23.2 Å². The van der Waals surface area contributed by atoms with E-state index >= 15 is 0 Å². The Morgan fingerprint density at radius 3 is 2.83 bits per heavy atom. The molecule has 0 radical (unpaired) electrons. The fourth-order valence-electron chi connectivity index (χ4n) is 2.20. The van der Waals surface area contributed by atoms with Gasteiger partial charge in [-0.2, -0.15) is 5.10 Å². The zero-order valence-corrected chi connectivity index (χ0v) is 10.3. The molecule has 1 aromatic rings. The van der Waals surface area contributed by atoms with Crippen molar-refractivity contribution < 1.29 is 14.6 Å². The summed E-state index contributed by atoms with van der Waals surface area (Å²) in [5, 5.41) is 15.8. The van der Waals surface area contributed by atoms with Gasteiger partial charge < -0.3 is 20.5 Å². The third kappa shape index (κ3) is 2.26. The Kier molecular flexibility index (Phi) is 3.71. The molecule has 18 heavy (non-hydrogen) atoms. The van der Waals surface area contributed by atoms with Gasteiger partial charge in [-0.1, -0.05) is 0 Å². The summed E-state index contributed by atoms with van der Waals surface area (Å²) >= 11 is 0. The second kappa shape index (κ2) is 5.26. The van der Waals surface area contributed by atoms with E-state index in [4.69, 9.17) is 15.6 Å². The third-order valence-corrected chi connectivity index (χ3v) is 3.34. The second-order valence-corrected chi connectivity index (χ2v) is 4.44. The van der Waals surface area contributed by atoms with E-state index in [1.807, 2.05) is 4.90 Å². The van der Waals surface area contributed by atoms with E-state index in [1.165, 1.54) is 7.11 Å². The first-order valence-corrected chi connectivity index (χ1v) is 5.95. The molecule has 0 bridgehead atoms. The van der Waals surface area contributed by atoms with Crippen LogP contribution >= 0.6 is 0 Å². The maximum Gasteiger partial charge on any atom is 0.345 e. The van der Waals surface area contributed by atoms with Gasteiger partial charge >= 0.3 is 5.97 Å². The van der Waals surface area contributed by atoms with Crippen molar-refractivity contribution in [1.82, 2.24) is 10.2 Å². The number of aliphatic hydroxyl groups is 1. The summed E-state index contributed by atoms with van der Waals surface area (Å²) in [6, 6.07) is 0. The zero-order valence-electron chi connectivity index (χ0n) is 10.3. The number of carbonyl (C=O) groups is 1. The minimum atomic E-state index is -0.486. The normalized spacial score (nSPS) is 16.9. The number of piperidine rings is 1. The van der Waals surface area contributed by atoms with Crippen molar-refractivity contribution in [3.8, 4) is 0 Å². The predicted molar refractivity (Wildman–Crippen MR) is 66.4 cm³/mol. The molecule has 2 rings (SSSR count). The van der Waals surface area contributed by atoms with Crippen molar-refractivity contribution in [3.63, 3.8) is 0 Å². The number of carbonyl (C=O) groups excluding carboxylic acids is 1. The molecule has 100 valence electrons. The number of nitrogens with one attached hydrogen (secondary N) is 1. The lowest BCUT2D eigenvalue weighted by atomic mass is 9.98. The summed E-state index contributed by atoms with van der Waals surface area (Å²) in [6.07, 6.45) is 1.76. The largest absolute Gasteiger partial charge is 0.465 e. The minimum Gasteiger partial charge on any atom is -0.465 e. The van der Waals surface area contributed by atoms with E-state index < -0.39 is 5.97 Å². The summed E-state index contributed by atoms with van der Waals surface area (Å²) < 4.78 is 4.70. The van der Waals surface area contributed by atoms with Crippen LogP contribution < -0.4 is 10.6 Å². The van der Waals surface area contributed by atoms with E-state index in [2.05, 4.69) is 10.2 Å². The highest BCUT2D eigenvalue weighted by Gasteiger charge is 2.27. The molecule has 7 nitrogen and oxygen atoms in total. The molecule has 2 heterocycles. The lowest BCUT2D eigenvalue weighted by molar-refractivity contribution is 0.0602. The summed E-state index contributed by atoms with van der Waals surface area (Å²) in [4.78, 5) is 13.6. The maximum atomic E-state index is 11.7. The number of hydrogen-bond donors (Lipinski definition) is 3. The van der Waals surface area contributed by atoms with Crippen molar-refractivity contribution >= 4 is 17.6 Å². The van der Waals surface area contributed by atoms with E-state index in [0.29, 0.717) is 17.3 Å². The number of methoxy groups -OCH3 is 1. The van der Waals surface area contributed by atoms with Crippen LogP contribution in [0, 0.1) is 5.92 Å². The molecule has 1 aliphatic heterocycles. The highest BCUT2D eigenvalue weighted by molar-refractivity contribution is 5.99. The molecule has 0 spiro atoms. The molecular weight excluding hydrogens is 236 g/mol. The highest BCUT2D eigenvalue weighted by atomic mass is 16.5. The molecule has 1 aromatic heterocycles. The van der Waals surface area contributed by atoms with Gasteiger partial charge in [0.05, 0.1) is 7.11 Å². The fraction of sp³-hybridized carbons (Fsp3) is 0.636.